The predicted octanol–water partition coefficient (Wildman–Crippen LogP) is 2.93. The van der Waals surface area contributed by atoms with Crippen LogP contribution in [0, 0.1) is 6.92 Å². The minimum Gasteiger partial charge on any atom is -0.369 e. The Labute approximate surface area is 111 Å². The molecule has 4 heteroatoms. The number of fused-ring (bicyclic) bond motifs is 1. The van der Waals surface area contributed by atoms with Crippen molar-refractivity contribution in [3.05, 3.63) is 53.9 Å². The molecule has 0 saturated carbocycles. The van der Waals surface area contributed by atoms with Crippen LogP contribution in [0.15, 0.2) is 42.7 Å². The van der Waals surface area contributed by atoms with Crippen molar-refractivity contribution < 1.29 is 0 Å². The number of imidazole rings is 1. The van der Waals surface area contributed by atoms with Crippen molar-refractivity contribution >= 4 is 17.0 Å². The van der Waals surface area contributed by atoms with Crippen LogP contribution < -0.4 is 5.73 Å². The van der Waals surface area contributed by atoms with E-state index in [-0.39, 0.29) is 6.04 Å². The van der Waals surface area contributed by atoms with Crippen LogP contribution in [0.25, 0.3) is 11.0 Å². The number of nitrogens with two attached hydrogens (primary N) is 1. The summed E-state index contributed by atoms with van der Waals surface area (Å²) in [6, 6.07) is 10.2. The van der Waals surface area contributed by atoms with Gasteiger partial charge in [-0.2, -0.15) is 0 Å². The van der Waals surface area contributed by atoms with Crippen LogP contribution >= 0.6 is 0 Å². The standard InChI is InChI=1S/C15H16N4/c1-10-5-3-7-13-14(10)18-15(16)19(13)11(2)12-6-4-8-17-9-12/h3-9,11H,1-2H3,(H2,16,18). The van der Waals surface area contributed by atoms with E-state index in [2.05, 4.69) is 33.6 Å². The maximum Gasteiger partial charge on any atom is 0.201 e. The smallest absolute Gasteiger partial charge is 0.201 e. The third kappa shape index (κ3) is 1.85. The summed E-state index contributed by atoms with van der Waals surface area (Å²) in [6.45, 7) is 4.16. The van der Waals surface area contributed by atoms with Gasteiger partial charge in [0.1, 0.15) is 0 Å². The molecule has 3 aromatic rings. The van der Waals surface area contributed by atoms with E-state index in [1.54, 1.807) is 6.20 Å². The highest BCUT2D eigenvalue weighted by atomic mass is 15.2. The molecule has 0 aliphatic carbocycles. The molecule has 0 fully saturated rings. The molecule has 19 heavy (non-hydrogen) atoms. The highest BCUT2D eigenvalue weighted by Gasteiger charge is 2.16. The molecular formula is C15H16N4. The average Bonchev–Trinajstić information content (AvgIpc) is 2.77. The van der Waals surface area contributed by atoms with Gasteiger partial charge in [-0.3, -0.25) is 4.98 Å². The topological polar surface area (TPSA) is 56.7 Å². The van der Waals surface area contributed by atoms with Crippen LogP contribution in [-0.2, 0) is 0 Å². The van der Waals surface area contributed by atoms with Gasteiger partial charge in [-0.25, -0.2) is 4.98 Å². The van der Waals surface area contributed by atoms with E-state index >= 15 is 0 Å². The molecule has 4 nitrogen and oxygen atoms in total. The van der Waals surface area contributed by atoms with Crippen LogP contribution in [0.4, 0.5) is 5.95 Å². The van der Waals surface area contributed by atoms with Crippen molar-refractivity contribution in [2.24, 2.45) is 0 Å². The van der Waals surface area contributed by atoms with E-state index in [4.69, 9.17) is 5.73 Å². The molecule has 0 amide bonds. The Hall–Kier alpha value is -2.36. The third-order valence-electron chi connectivity index (χ3n) is 3.50. The minimum absolute atomic E-state index is 0.112. The number of hydrogen-bond acceptors (Lipinski definition) is 3. The van der Waals surface area contributed by atoms with E-state index in [1.807, 2.05) is 31.3 Å². The normalized spacial score (nSPS) is 12.7. The molecule has 0 radical (unpaired) electrons. The first-order chi connectivity index (χ1) is 9.18. The van der Waals surface area contributed by atoms with Gasteiger partial charge in [0.05, 0.1) is 17.1 Å². The Morgan fingerprint density at radius 3 is 2.79 bits per heavy atom. The molecule has 0 aliphatic heterocycles. The lowest BCUT2D eigenvalue weighted by Crippen LogP contribution is -2.10. The van der Waals surface area contributed by atoms with Gasteiger partial charge in [0.2, 0.25) is 5.95 Å². The summed E-state index contributed by atoms with van der Waals surface area (Å²) in [5.74, 6) is 0.542. The van der Waals surface area contributed by atoms with Gasteiger partial charge in [-0.1, -0.05) is 18.2 Å². The number of hydrogen-bond donors (Lipinski definition) is 1. The molecule has 1 unspecified atom stereocenters. The second kappa shape index (κ2) is 4.39. The van der Waals surface area contributed by atoms with Gasteiger partial charge in [0.25, 0.3) is 0 Å². The second-order valence-electron chi connectivity index (χ2n) is 4.74. The maximum absolute atomic E-state index is 6.09. The fourth-order valence-corrected chi connectivity index (χ4v) is 2.45. The van der Waals surface area contributed by atoms with Gasteiger partial charge in [0.15, 0.2) is 0 Å². The molecule has 2 heterocycles. The fraction of sp³-hybridized carbons (Fsp3) is 0.200. The Morgan fingerprint density at radius 1 is 1.21 bits per heavy atom. The first kappa shape index (κ1) is 11.7. The van der Waals surface area contributed by atoms with Crippen LogP contribution in [0.2, 0.25) is 0 Å². The fourth-order valence-electron chi connectivity index (χ4n) is 2.45. The molecule has 0 saturated heterocycles. The zero-order valence-electron chi connectivity index (χ0n) is 11.0. The van der Waals surface area contributed by atoms with Crippen molar-refractivity contribution in [2.75, 3.05) is 5.73 Å². The molecule has 0 aliphatic rings. The van der Waals surface area contributed by atoms with Crippen molar-refractivity contribution in [1.82, 2.24) is 14.5 Å². The number of rotatable bonds is 2. The number of pyridine rings is 1. The molecule has 0 bridgehead atoms. The highest BCUT2D eigenvalue weighted by Crippen LogP contribution is 2.28. The number of nitrogens with zero attached hydrogens (tertiary/aromatic N) is 3. The SMILES string of the molecule is Cc1cccc2c1nc(N)n2C(C)c1cccnc1. The number of aromatic nitrogens is 3. The van der Waals surface area contributed by atoms with Crippen molar-refractivity contribution in [2.45, 2.75) is 19.9 Å². The van der Waals surface area contributed by atoms with Crippen LogP contribution in [0.3, 0.4) is 0 Å². The number of nitrogen functional groups attached to an aromatic ring is 1. The van der Waals surface area contributed by atoms with E-state index in [0.717, 1.165) is 22.2 Å². The first-order valence-electron chi connectivity index (χ1n) is 6.31. The van der Waals surface area contributed by atoms with E-state index in [1.165, 1.54) is 0 Å². The maximum atomic E-state index is 6.09. The summed E-state index contributed by atoms with van der Waals surface area (Å²) in [5, 5.41) is 0. The Balaban J connectivity index is 2.20. The summed E-state index contributed by atoms with van der Waals surface area (Å²) >= 11 is 0. The average molecular weight is 252 g/mol. The predicted molar refractivity (Wildman–Crippen MR) is 76.9 cm³/mol. The molecule has 1 atom stereocenters. The monoisotopic (exact) mass is 252 g/mol. The molecule has 2 N–H and O–H groups in total. The summed E-state index contributed by atoms with van der Waals surface area (Å²) < 4.78 is 2.05. The van der Waals surface area contributed by atoms with Crippen molar-refractivity contribution in [3.63, 3.8) is 0 Å². The van der Waals surface area contributed by atoms with Crippen molar-refractivity contribution in [3.8, 4) is 0 Å². The summed E-state index contributed by atoms with van der Waals surface area (Å²) in [4.78, 5) is 8.65. The van der Waals surface area contributed by atoms with Gasteiger partial charge in [-0.05, 0) is 37.1 Å². The van der Waals surface area contributed by atoms with E-state index in [0.29, 0.717) is 5.95 Å². The summed E-state index contributed by atoms with van der Waals surface area (Å²) in [7, 11) is 0. The Kier molecular flexibility index (Phi) is 2.71. The zero-order valence-corrected chi connectivity index (χ0v) is 11.0. The molecular weight excluding hydrogens is 236 g/mol. The number of para-hydroxylation sites is 1. The van der Waals surface area contributed by atoms with Crippen molar-refractivity contribution in [1.29, 1.82) is 0 Å². The molecule has 3 rings (SSSR count). The lowest BCUT2D eigenvalue weighted by Gasteiger charge is -2.16. The Bertz CT molecular complexity index is 716. The van der Waals surface area contributed by atoms with Crippen LogP contribution in [0.5, 0.6) is 0 Å². The summed E-state index contributed by atoms with van der Waals surface area (Å²) in [5.41, 5.74) is 10.4. The van der Waals surface area contributed by atoms with E-state index in [9.17, 15) is 0 Å². The highest BCUT2D eigenvalue weighted by molar-refractivity contribution is 5.81. The number of benzene rings is 1. The Morgan fingerprint density at radius 2 is 2.05 bits per heavy atom. The second-order valence-corrected chi connectivity index (χ2v) is 4.74. The van der Waals surface area contributed by atoms with Crippen LogP contribution in [-0.4, -0.2) is 14.5 Å². The zero-order chi connectivity index (χ0) is 13.4. The quantitative estimate of drug-likeness (QED) is 0.763. The molecule has 1 aromatic carbocycles. The van der Waals surface area contributed by atoms with Gasteiger partial charge in [-0.15, -0.1) is 0 Å². The largest absolute Gasteiger partial charge is 0.369 e. The number of anilines is 1. The van der Waals surface area contributed by atoms with Gasteiger partial charge in [0, 0.05) is 12.4 Å². The molecule has 96 valence electrons. The lowest BCUT2D eigenvalue weighted by molar-refractivity contribution is 0.665. The molecule has 0 spiro atoms. The first-order valence-corrected chi connectivity index (χ1v) is 6.31. The van der Waals surface area contributed by atoms with Crippen LogP contribution in [0.1, 0.15) is 24.1 Å². The van der Waals surface area contributed by atoms with E-state index < -0.39 is 0 Å². The minimum atomic E-state index is 0.112. The molecule has 2 aromatic heterocycles. The van der Waals surface area contributed by atoms with Gasteiger partial charge >= 0.3 is 0 Å². The lowest BCUT2D eigenvalue weighted by atomic mass is 10.1. The van der Waals surface area contributed by atoms with Gasteiger partial charge < -0.3 is 10.3 Å². The summed E-state index contributed by atoms with van der Waals surface area (Å²) in [6.07, 6.45) is 3.64. The number of aryl methyl sites for hydroxylation is 1. The third-order valence-corrected chi connectivity index (χ3v) is 3.50.